The average molecular weight is 233 g/mol. The highest BCUT2D eigenvalue weighted by molar-refractivity contribution is 7.99. The molecule has 1 aromatic carbocycles. The zero-order chi connectivity index (χ0) is 10.8. The molecule has 86 valence electrons. The number of hydrogen-bond acceptors (Lipinski definition) is 2. The molecule has 1 unspecified atom stereocenters. The van der Waals surface area contributed by atoms with Crippen molar-refractivity contribution >= 4 is 11.8 Å². The minimum atomic E-state index is 0.681. The first-order valence-corrected chi connectivity index (χ1v) is 7.42. The van der Waals surface area contributed by atoms with Crippen molar-refractivity contribution < 1.29 is 0 Å². The third kappa shape index (κ3) is 2.14. The molecule has 1 N–H and O–H groups in total. The molecule has 2 aliphatic rings. The van der Waals surface area contributed by atoms with Crippen molar-refractivity contribution in [1.82, 2.24) is 5.32 Å². The third-order valence-corrected chi connectivity index (χ3v) is 4.95. The van der Waals surface area contributed by atoms with Crippen LogP contribution in [0.15, 0.2) is 18.2 Å². The predicted molar refractivity (Wildman–Crippen MR) is 71.2 cm³/mol. The molecule has 1 aliphatic carbocycles. The van der Waals surface area contributed by atoms with E-state index in [0.29, 0.717) is 5.25 Å². The van der Waals surface area contributed by atoms with E-state index in [0.717, 1.165) is 6.54 Å². The first-order valence-electron chi connectivity index (χ1n) is 6.37. The molecule has 0 radical (unpaired) electrons. The largest absolute Gasteiger partial charge is 0.314 e. The molecule has 16 heavy (non-hydrogen) atoms. The fourth-order valence-corrected chi connectivity index (χ4v) is 3.85. The monoisotopic (exact) mass is 233 g/mol. The molecule has 1 aromatic rings. The average Bonchev–Trinajstić information content (AvgIpc) is 2.39. The van der Waals surface area contributed by atoms with Crippen LogP contribution in [0.2, 0.25) is 0 Å². The summed E-state index contributed by atoms with van der Waals surface area (Å²) in [6, 6.07) is 7.20. The molecule has 1 aliphatic heterocycles. The van der Waals surface area contributed by atoms with Gasteiger partial charge in [0, 0.05) is 24.1 Å². The predicted octanol–water partition coefficient (Wildman–Crippen LogP) is 2.94. The fourth-order valence-electron chi connectivity index (χ4n) is 2.73. The van der Waals surface area contributed by atoms with Crippen molar-refractivity contribution in [2.45, 2.75) is 30.9 Å². The number of hydrogen-bond donors (Lipinski definition) is 1. The zero-order valence-electron chi connectivity index (χ0n) is 9.67. The van der Waals surface area contributed by atoms with Gasteiger partial charge >= 0.3 is 0 Å². The maximum atomic E-state index is 3.49. The molecular formula is C14H19NS. The summed E-state index contributed by atoms with van der Waals surface area (Å²) >= 11 is 2.10. The van der Waals surface area contributed by atoms with Crippen LogP contribution >= 0.6 is 11.8 Å². The lowest BCUT2D eigenvalue weighted by Crippen LogP contribution is -2.28. The maximum Gasteiger partial charge on any atom is 0.0422 e. The van der Waals surface area contributed by atoms with Crippen LogP contribution in [0.1, 0.15) is 34.8 Å². The Labute approximate surface area is 102 Å². The Balaban J connectivity index is 1.84. The van der Waals surface area contributed by atoms with E-state index in [-0.39, 0.29) is 0 Å². The summed E-state index contributed by atoms with van der Waals surface area (Å²) in [7, 11) is 0. The van der Waals surface area contributed by atoms with E-state index in [9.17, 15) is 0 Å². The maximum absolute atomic E-state index is 3.49. The third-order valence-electron chi connectivity index (χ3n) is 3.67. The summed E-state index contributed by atoms with van der Waals surface area (Å²) in [5.41, 5.74) is 4.76. The van der Waals surface area contributed by atoms with Crippen LogP contribution in [0.4, 0.5) is 0 Å². The van der Waals surface area contributed by atoms with E-state index in [1.54, 1.807) is 11.1 Å². The molecular weight excluding hydrogens is 214 g/mol. The van der Waals surface area contributed by atoms with Gasteiger partial charge in [-0.05, 0) is 42.4 Å². The Morgan fingerprint density at radius 2 is 2.00 bits per heavy atom. The number of rotatable bonds is 1. The van der Waals surface area contributed by atoms with Crippen molar-refractivity contribution in [2.24, 2.45) is 0 Å². The molecule has 1 atom stereocenters. The van der Waals surface area contributed by atoms with E-state index < -0.39 is 0 Å². The molecule has 0 spiro atoms. The first kappa shape index (κ1) is 10.7. The van der Waals surface area contributed by atoms with Crippen molar-refractivity contribution in [3.05, 3.63) is 34.9 Å². The van der Waals surface area contributed by atoms with Crippen molar-refractivity contribution in [1.29, 1.82) is 0 Å². The van der Waals surface area contributed by atoms with Gasteiger partial charge in [0.1, 0.15) is 0 Å². The zero-order valence-corrected chi connectivity index (χ0v) is 10.5. The number of nitrogens with one attached hydrogen (secondary N) is 1. The van der Waals surface area contributed by atoms with Gasteiger partial charge in [-0.15, -0.1) is 0 Å². The minimum absolute atomic E-state index is 0.681. The lowest BCUT2D eigenvalue weighted by atomic mass is 9.90. The second-order valence-corrected chi connectivity index (χ2v) is 6.11. The van der Waals surface area contributed by atoms with E-state index in [4.69, 9.17) is 0 Å². The van der Waals surface area contributed by atoms with Gasteiger partial charge in [0.25, 0.3) is 0 Å². The molecule has 3 rings (SSSR count). The summed E-state index contributed by atoms with van der Waals surface area (Å²) < 4.78 is 0. The molecule has 0 aromatic heterocycles. The molecule has 0 saturated carbocycles. The van der Waals surface area contributed by atoms with Crippen molar-refractivity contribution in [3.63, 3.8) is 0 Å². The minimum Gasteiger partial charge on any atom is -0.314 e. The second-order valence-electron chi connectivity index (χ2n) is 4.80. The Morgan fingerprint density at radius 1 is 1.12 bits per heavy atom. The van der Waals surface area contributed by atoms with Crippen LogP contribution in [0, 0.1) is 0 Å². The van der Waals surface area contributed by atoms with Gasteiger partial charge < -0.3 is 5.32 Å². The fraction of sp³-hybridized carbons (Fsp3) is 0.571. The number of aryl methyl sites for hydroxylation is 2. The van der Waals surface area contributed by atoms with Gasteiger partial charge in [-0.3, -0.25) is 0 Å². The van der Waals surface area contributed by atoms with Crippen LogP contribution in [0.25, 0.3) is 0 Å². The van der Waals surface area contributed by atoms with Gasteiger partial charge in [-0.25, -0.2) is 0 Å². The highest BCUT2D eigenvalue weighted by atomic mass is 32.2. The molecule has 1 fully saturated rings. The Hall–Kier alpha value is -0.470. The normalized spacial score (nSPS) is 25.1. The van der Waals surface area contributed by atoms with E-state index in [1.807, 2.05) is 0 Å². The van der Waals surface area contributed by atoms with Crippen molar-refractivity contribution in [3.8, 4) is 0 Å². The van der Waals surface area contributed by atoms with Gasteiger partial charge in [0.2, 0.25) is 0 Å². The van der Waals surface area contributed by atoms with Crippen LogP contribution in [0.5, 0.6) is 0 Å². The summed E-state index contributed by atoms with van der Waals surface area (Å²) in [6.07, 6.45) is 5.36. The summed E-state index contributed by atoms with van der Waals surface area (Å²) in [6.45, 7) is 2.32. The van der Waals surface area contributed by atoms with E-state index in [2.05, 4.69) is 35.3 Å². The molecule has 0 amide bonds. The Bertz CT molecular complexity index is 369. The second kappa shape index (κ2) is 4.80. The summed E-state index contributed by atoms with van der Waals surface area (Å²) in [5.74, 6) is 1.25. The van der Waals surface area contributed by atoms with E-state index in [1.165, 1.54) is 43.5 Å². The Kier molecular flexibility index (Phi) is 3.20. The topological polar surface area (TPSA) is 12.0 Å². The van der Waals surface area contributed by atoms with Gasteiger partial charge in [0.05, 0.1) is 0 Å². The molecule has 2 heteroatoms. The van der Waals surface area contributed by atoms with E-state index >= 15 is 0 Å². The van der Waals surface area contributed by atoms with Gasteiger partial charge in [0.15, 0.2) is 0 Å². The lowest BCUT2D eigenvalue weighted by Gasteiger charge is -2.24. The van der Waals surface area contributed by atoms with Crippen LogP contribution < -0.4 is 5.32 Å². The lowest BCUT2D eigenvalue weighted by molar-refractivity contribution is 0.673. The quantitative estimate of drug-likeness (QED) is 0.800. The van der Waals surface area contributed by atoms with Crippen LogP contribution in [0.3, 0.4) is 0 Å². The SMILES string of the molecule is c1cc2c(cc1C1CNCCS1)CCCC2. The highest BCUT2D eigenvalue weighted by Crippen LogP contribution is 2.32. The van der Waals surface area contributed by atoms with Gasteiger partial charge in [-0.1, -0.05) is 18.2 Å². The first-order chi connectivity index (χ1) is 7.93. The number of fused-ring (bicyclic) bond motifs is 1. The highest BCUT2D eigenvalue weighted by Gasteiger charge is 2.17. The molecule has 0 bridgehead atoms. The summed E-state index contributed by atoms with van der Waals surface area (Å²) in [5, 5.41) is 4.17. The van der Waals surface area contributed by atoms with Crippen LogP contribution in [-0.2, 0) is 12.8 Å². The molecule has 1 heterocycles. The smallest absolute Gasteiger partial charge is 0.0422 e. The number of thioether (sulfide) groups is 1. The number of benzene rings is 1. The Morgan fingerprint density at radius 3 is 2.81 bits per heavy atom. The summed E-state index contributed by atoms with van der Waals surface area (Å²) in [4.78, 5) is 0. The van der Waals surface area contributed by atoms with Gasteiger partial charge in [-0.2, -0.15) is 11.8 Å². The molecule has 1 saturated heterocycles. The molecule has 1 nitrogen and oxygen atoms in total. The van der Waals surface area contributed by atoms with Crippen LogP contribution in [-0.4, -0.2) is 18.8 Å². The van der Waals surface area contributed by atoms with Crippen molar-refractivity contribution in [2.75, 3.05) is 18.8 Å². The standard InChI is InChI=1S/C14H19NS/c1-2-4-12-9-13(6-5-11(12)3-1)14-10-15-7-8-16-14/h5-6,9,14-15H,1-4,7-8,10H2.